The normalized spacial score (nSPS) is 10.1. The number of carbonyl (C=O) groups excluding carboxylic acids is 1. The number of nitrogens with one attached hydrogen (secondary N) is 1. The van der Waals surface area contributed by atoms with Gasteiger partial charge in [-0.05, 0) is 22.9 Å². The first-order chi connectivity index (χ1) is 8.76. The van der Waals surface area contributed by atoms with Gasteiger partial charge in [-0.25, -0.2) is 0 Å². The summed E-state index contributed by atoms with van der Waals surface area (Å²) >= 11 is 0. The van der Waals surface area contributed by atoms with Crippen molar-refractivity contribution < 1.29 is 9.53 Å². The fourth-order valence-corrected chi connectivity index (χ4v) is 1.83. The second-order valence-corrected chi connectivity index (χ2v) is 3.90. The first kappa shape index (κ1) is 12.2. The van der Waals surface area contributed by atoms with Crippen LogP contribution >= 0.6 is 0 Å². The Morgan fingerprint density at radius 1 is 1.33 bits per heavy atom. The van der Waals surface area contributed by atoms with E-state index in [4.69, 9.17) is 4.74 Å². The predicted molar refractivity (Wildman–Crippen MR) is 73.0 cm³/mol. The molecule has 0 aliphatic carbocycles. The topological polar surface area (TPSA) is 38.3 Å². The maximum absolute atomic E-state index is 12.0. The Morgan fingerprint density at radius 2 is 2.00 bits per heavy atom. The quantitative estimate of drug-likeness (QED) is 0.836. The number of hydrogen-bond donors (Lipinski definition) is 1. The van der Waals surface area contributed by atoms with Crippen molar-refractivity contribution in [3.05, 3.63) is 54.6 Å². The van der Waals surface area contributed by atoms with Gasteiger partial charge in [-0.2, -0.15) is 0 Å². The number of ether oxygens (including phenoxy) is 1. The second kappa shape index (κ2) is 5.36. The van der Waals surface area contributed by atoms with Crippen LogP contribution in [0.4, 0.5) is 0 Å². The molecule has 0 bridgehead atoms. The first-order valence-corrected chi connectivity index (χ1v) is 5.72. The third-order valence-electron chi connectivity index (χ3n) is 2.72. The van der Waals surface area contributed by atoms with Gasteiger partial charge in [-0.3, -0.25) is 4.79 Å². The molecule has 0 aliphatic heterocycles. The van der Waals surface area contributed by atoms with Crippen molar-refractivity contribution in [2.24, 2.45) is 0 Å². The number of carbonyl (C=O) groups is 1. The van der Waals surface area contributed by atoms with Gasteiger partial charge in [0.2, 0.25) is 0 Å². The van der Waals surface area contributed by atoms with Crippen LogP contribution in [0.3, 0.4) is 0 Å². The minimum Gasteiger partial charge on any atom is -0.496 e. The lowest BCUT2D eigenvalue weighted by atomic mass is 10.1. The molecule has 2 aromatic carbocycles. The lowest BCUT2D eigenvalue weighted by molar-refractivity contribution is 0.0955. The van der Waals surface area contributed by atoms with Crippen LogP contribution in [0.5, 0.6) is 5.75 Å². The van der Waals surface area contributed by atoms with Gasteiger partial charge in [0.05, 0.1) is 12.7 Å². The lowest BCUT2D eigenvalue weighted by Crippen LogP contribution is -2.23. The summed E-state index contributed by atoms with van der Waals surface area (Å²) in [6.45, 7) is 4.01. The zero-order valence-corrected chi connectivity index (χ0v) is 10.3. The van der Waals surface area contributed by atoms with E-state index in [-0.39, 0.29) is 5.91 Å². The Kier molecular flexibility index (Phi) is 3.63. The lowest BCUT2D eigenvalue weighted by Gasteiger charge is -2.10. The van der Waals surface area contributed by atoms with Crippen LogP contribution in [0.2, 0.25) is 0 Å². The van der Waals surface area contributed by atoms with E-state index in [0.29, 0.717) is 17.9 Å². The first-order valence-electron chi connectivity index (χ1n) is 5.72. The SMILES string of the molecule is C=CCNC(=O)c1cc2ccccc2cc1OC. The van der Waals surface area contributed by atoms with Gasteiger partial charge in [-0.1, -0.05) is 30.3 Å². The van der Waals surface area contributed by atoms with Crippen molar-refractivity contribution in [3.8, 4) is 5.75 Å². The molecule has 3 nitrogen and oxygen atoms in total. The highest BCUT2D eigenvalue weighted by molar-refractivity contribution is 6.01. The predicted octanol–water partition coefficient (Wildman–Crippen LogP) is 2.76. The molecule has 3 heteroatoms. The maximum Gasteiger partial charge on any atom is 0.255 e. The number of amides is 1. The largest absolute Gasteiger partial charge is 0.496 e. The second-order valence-electron chi connectivity index (χ2n) is 3.90. The average Bonchev–Trinajstić information content (AvgIpc) is 2.43. The molecular weight excluding hydrogens is 226 g/mol. The molecule has 0 spiro atoms. The molecule has 18 heavy (non-hydrogen) atoms. The molecule has 1 amide bonds. The minimum atomic E-state index is -0.155. The monoisotopic (exact) mass is 241 g/mol. The summed E-state index contributed by atoms with van der Waals surface area (Å²) in [6, 6.07) is 11.6. The van der Waals surface area contributed by atoms with Gasteiger partial charge in [0, 0.05) is 6.54 Å². The fourth-order valence-electron chi connectivity index (χ4n) is 1.83. The van der Waals surface area contributed by atoms with Gasteiger partial charge in [0.1, 0.15) is 5.75 Å². The Hall–Kier alpha value is -2.29. The van der Waals surface area contributed by atoms with Crippen LogP contribution in [0.25, 0.3) is 10.8 Å². The molecule has 1 N–H and O–H groups in total. The van der Waals surface area contributed by atoms with Crippen molar-refractivity contribution in [1.29, 1.82) is 0 Å². The smallest absolute Gasteiger partial charge is 0.255 e. The molecular formula is C15H15NO2. The number of methoxy groups -OCH3 is 1. The zero-order valence-electron chi connectivity index (χ0n) is 10.3. The van der Waals surface area contributed by atoms with E-state index >= 15 is 0 Å². The third kappa shape index (κ3) is 2.35. The van der Waals surface area contributed by atoms with Crippen LogP contribution in [0.1, 0.15) is 10.4 Å². The van der Waals surface area contributed by atoms with Crippen molar-refractivity contribution in [2.45, 2.75) is 0 Å². The summed E-state index contributed by atoms with van der Waals surface area (Å²) in [6.07, 6.45) is 1.64. The highest BCUT2D eigenvalue weighted by Crippen LogP contribution is 2.25. The average molecular weight is 241 g/mol. The Morgan fingerprint density at radius 3 is 2.61 bits per heavy atom. The Labute approximate surface area is 106 Å². The van der Waals surface area contributed by atoms with Gasteiger partial charge in [0.15, 0.2) is 0 Å². The number of hydrogen-bond acceptors (Lipinski definition) is 2. The van der Waals surface area contributed by atoms with Gasteiger partial charge in [-0.15, -0.1) is 6.58 Å². The molecule has 0 aromatic heterocycles. The number of rotatable bonds is 4. The molecule has 0 fully saturated rings. The molecule has 0 aliphatic rings. The van der Waals surface area contributed by atoms with Gasteiger partial charge >= 0.3 is 0 Å². The fraction of sp³-hybridized carbons (Fsp3) is 0.133. The van der Waals surface area contributed by atoms with Crippen LogP contribution in [-0.4, -0.2) is 19.6 Å². The van der Waals surface area contributed by atoms with Crippen LogP contribution < -0.4 is 10.1 Å². The molecule has 0 atom stereocenters. The third-order valence-corrected chi connectivity index (χ3v) is 2.72. The van der Waals surface area contributed by atoms with E-state index in [1.165, 1.54) is 0 Å². The molecule has 0 heterocycles. The summed E-state index contributed by atoms with van der Waals surface area (Å²) in [5.74, 6) is 0.424. The van der Waals surface area contributed by atoms with Gasteiger partial charge < -0.3 is 10.1 Å². The molecule has 92 valence electrons. The molecule has 0 unspecified atom stereocenters. The molecule has 0 radical (unpaired) electrons. The van der Waals surface area contributed by atoms with Gasteiger partial charge in [0.25, 0.3) is 5.91 Å². The minimum absolute atomic E-state index is 0.155. The summed E-state index contributed by atoms with van der Waals surface area (Å²) in [5.41, 5.74) is 0.540. The van der Waals surface area contributed by atoms with E-state index in [2.05, 4.69) is 11.9 Å². The molecule has 0 saturated carbocycles. The molecule has 2 aromatic rings. The Bertz CT molecular complexity index is 590. The van der Waals surface area contributed by atoms with Crippen LogP contribution in [-0.2, 0) is 0 Å². The standard InChI is InChI=1S/C15H15NO2/c1-3-8-16-15(17)13-9-11-6-4-5-7-12(11)10-14(13)18-2/h3-7,9-10H,1,8H2,2H3,(H,16,17). The van der Waals surface area contributed by atoms with E-state index in [9.17, 15) is 4.79 Å². The van der Waals surface area contributed by atoms with E-state index in [1.54, 1.807) is 13.2 Å². The highest BCUT2D eigenvalue weighted by atomic mass is 16.5. The van der Waals surface area contributed by atoms with Crippen molar-refractivity contribution in [3.63, 3.8) is 0 Å². The van der Waals surface area contributed by atoms with Crippen LogP contribution in [0, 0.1) is 0 Å². The van der Waals surface area contributed by atoms with E-state index < -0.39 is 0 Å². The zero-order chi connectivity index (χ0) is 13.0. The summed E-state index contributed by atoms with van der Waals surface area (Å²) < 4.78 is 5.27. The van der Waals surface area contributed by atoms with Crippen molar-refractivity contribution in [1.82, 2.24) is 5.32 Å². The van der Waals surface area contributed by atoms with E-state index in [1.807, 2.05) is 36.4 Å². The highest BCUT2D eigenvalue weighted by Gasteiger charge is 2.12. The van der Waals surface area contributed by atoms with Crippen molar-refractivity contribution in [2.75, 3.05) is 13.7 Å². The number of fused-ring (bicyclic) bond motifs is 1. The molecule has 0 saturated heterocycles. The molecule has 2 rings (SSSR count). The summed E-state index contributed by atoms with van der Waals surface area (Å²) in [4.78, 5) is 12.0. The summed E-state index contributed by atoms with van der Waals surface area (Å²) in [7, 11) is 1.56. The van der Waals surface area contributed by atoms with Crippen LogP contribution in [0.15, 0.2) is 49.1 Å². The summed E-state index contributed by atoms with van der Waals surface area (Å²) in [5, 5.41) is 4.82. The van der Waals surface area contributed by atoms with Crippen molar-refractivity contribution >= 4 is 16.7 Å². The van der Waals surface area contributed by atoms with E-state index in [0.717, 1.165) is 10.8 Å². The number of benzene rings is 2. The Balaban J connectivity index is 2.47. The maximum atomic E-state index is 12.0.